The normalized spacial score (nSPS) is 10.2. The van der Waals surface area contributed by atoms with Gasteiger partial charge in [0.05, 0.1) is 19.9 Å². The molecule has 0 unspecified atom stereocenters. The van der Waals surface area contributed by atoms with Gasteiger partial charge < -0.3 is 14.8 Å². The molecule has 0 bridgehead atoms. The van der Waals surface area contributed by atoms with Gasteiger partial charge in [0.1, 0.15) is 5.82 Å². The zero-order valence-electron chi connectivity index (χ0n) is 11.9. The first kappa shape index (κ1) is 14.2. The standard InChI is InChI=1S/C16H18FNO2.H2/c1-11-5-4-6-13(16(11)17)18-10-12-7-8-14(19-2)15(9-12)20-3;/h4-9,18H,10H2,1-3H3;1H. The fraction of sp³-hybridized carbons (Fsp3) is 0.250. The van der Waals surface area contributed by atoms with E-state index < -0.39 is 0 Å². The number of benzene rings is 2. The first-order chi connectivity index (χ1) is 9.65. The second-order valence-corrected chi connectivity index (χ2v) is 4.48. The Bertz CT molecular complexity index is 605. The van der Waals surface area contributed by atoms with Gasteiger partial charge in [0.25, 0.3) is 0 Å². The molecule has 3 nitrogen and oxygen atoms in total. The lowest BCUT2D eigenvalue weighted by Crippen LogP contribution is -2.03. The summed E-state index contributed by atoms with van der Waals surface area (Å²) < 4.78 is 24.3. The number of ether oxygens (including phenoxy) is 2. The maximum atomic E-state index is 13.9. The van der Waals surface area contributed by atoms with Crippen LogP contribution in [0, 0.1) is 12.7 Å². The minimum Gasteiger partial charge on any atom is -0.493 e. The molecule has 0 aromatic heterocycles. The van der Waals surface area contributed by atoms with Crippen LogP contribution in [0.2, 0.25) is 0 Å². The quantitative estimate of drug-likeness (QED) is 0.895. The molecular formula is C16H20FNO2. The molecule has 1 N–H and O–H groups in total. The zero-order chi connectivity index (χ0) is 14.5. The number of methoxy groups -OCH3 is 2. The molecule has 0 aliphatic heterocycles. The van der Waals surface area contributed by atoms with Crippen LogP contribution in [0.15, 0.2) is 36.4 Å². The first-order valence-corrected chi connectivity index (χ1v) is 6.35. The second-order valence-electron chi connectivity index (χ2n) is 4.48. The summed E-state index contributed by atoms with van der Waals surface area (Å²) in [5, 5.41) is 3.09. The number of halogens is 1. The van der Waals surface area contributed by atoms with E-state index in [1.54, 1.807) is 33.3 Å². The third-order valence-electron chi connectivity index (χ3n) is 3.12. The smallest absolute Gasteiger partial charge is 0.161 e. The van der Waals surface area contributed by atoms with E-state index in [1.807, 2.05) is 24.3 Å². The predicted octanol–water partition coefficient (Wildman–Crippen LogP) is 4.01. The molecule has 0 aliphatic carbocycles. The maximum absolute atomic E-state index is 13.9. The van der Waals surface area contributed by atoms with Crippen molar-refractivity contribution in [1.29, 1.82) is 0 Å². The van der Waals surface area contributed by atoms with E-state index >= 15 is 0 Å². The molecule has 4 heteroatoms. The van der Waals surface area contributed by atoms with Gasteiger partial charge in [0.2, 0.25) is 0 Å². The third-order valence-corrected chi connectivity index (χ3v) is 3.12. The molecule has 0 saturated heterocycles. The van der Waals surface area contributed by atoms with Gasteiger partial charge >= 0.3 is 0 Å². The van der Waals surface area contributed by atoms with Crippen LogP contribution >= 0.6 is 0 Å². The average molecular weight is 277 g/mol. The molecule has 0 amide bonds. The third kappa shape index (κ3) is 3.02. The summed E-state index contributed by atoms with van der Waals surface area (Å²) in [6.07, 6.45) is 0. The molecular weight excluding hydrogens is 257 g/mol. The monoisotopic (exact) mass is 277 g/mol. The SMILES string of the molecule is COc1ccc(CNc2cccc(C)c2F)cc1OC.[HH]. The minimum absolute atomic E-state index is 0. The summed E-state index contributed by atoms with van der Waals surface area (Å²) in [6, 6.07) is 10.9. The molecule has 20 heavy (non-hydrogen) atoms. The minimum atomic E-state index is -0.215. The lowest BCUT2D eigenvalue weighted by molar-refractivity contribution is 0.354. The van der Waals surface area contributed by atoms with Crippen molar-refractivity contribution in [3.8, 4) is 11.5 Å². The van der Waals surface area contributed by atoms with Crippen molar-refractivity contribution < 1.29 is 15.3 Å². The van der Waals surface area contributed by atoms with Crippen LogP contribution < -0.4 is 14.8 Å². The van der Waals surface area contributed by atoms with Crippen LogP contribution in [-0.2, 0) is 6.54 Å². The summed E-state index contributed by atoms with van der Waals surface area (Å²) in [5.74, 6) is 1.13. The highest BCUT2D eigenvalue weighted by atomic mass is 19.1. The van der Waals surface area contributed by atoms with Gasteiger partial charge in [-0.15, -0.1) is 0 Å². The molecule has 0 fully saturated rings. The molecule has 0 aliphatic rings. The summed E-state index contributed by atoms with van der Waals surface area (Å²) in [5.41, 5.74) is 2.12. The van der Waals surface area contributed by atoms with Crippen molar-refractivity contribution in [2.75, 3.05) is 19.5 Å². The summed E-state index contributed by atoms with van der Waals surface area (Å²) >= 11 is 0. The van der Waals surface area contributed by atoms with Crippen molar-refractivity contribution in [3.05, 3.63) is 53.3 Å². The molecule has 0 spiro atoms. The van der Waals surface area contributed by atoms with Gasteiger partial charge in [0.15, 0.2) is 11.5 Å². The Morgan fingerprint density at radius 2 is 1.85 bits per heavy atom. The van der Waals surface area contributed by atoms with Gasteiger partial charge in [-0.05, 0) is 36.2 Å². The van der Waals surface area contributed by atoms with Crippen LogP contribution in [0.4, 0.5) is 10.1 Å². The summed E-state index contributed by atoms with van der Waals surface area (Å²) in [6.45, 7) is 2.26. The van der Waals surface area contributed by atoms with E-state index in [0.29, 0.717) is 29.3 Å². The fourth-order valence-electron chi connectivity index (χ4n) is 1.97. The van der Waals surface area contributed by atoms with Crippen molar-refractivity contribution in [1.82, 2.24) is 0 Å². The van der Waals surface area contributed by atoms with Crippen LogP contribution in [0.1, 0.15) is 12.6 Å². The number of nitrogens with one attached hydrogen (secondary N) is 1. The van der Waals surface area contributed by atoms with Gasteiger partial charge in [-0.25, -0.2) is 4.39 Å². The second kappa shape index (κ2) is 6.28. The highest BCUT2D eigenvalue weighted by Gasteiger charge is 2.06. The van der Waals surface area contributed by atoms with E-state index in [4.69, 9.17) is 9.47 Å². The Balaban J connectivity index is 0.00000220. The number of rotatable bonds is 5. The van der Waals surface area contributed by atoms with Gasteiger partial charge in [-0.1, -0.05) is 18.2 Å². The maximum Gasteiger partial charge on any atom is 0.161 e. The summed E-state index contributed by atoms with van der Waals surface area (Å²) in [7, 11) is 3.19. The Labute approximate surface area is 119 Å². The lowest BCUT2D eigenvalue weighted by atomic mass is 10.1. The Kier molecular flexibility index (Phi) is 4.45. The van der Waals surface area contributed by atoms with Crippen LogP contribution in [0.5, 0.6) is 11.5 Å². The van der Waals surface area contributed by atoms with Crippen molar-refractivity contribution >= 4 is 5.69 Å². The van der Waals surface area contributed by atoms with Gasteiger partial charge in [-0.2, -0.15) is 0 Å². The van der Waals surface area contributed by atoms with Crippen molar-refractivity contribution in [2.45, 2.75) is 13.5 Å². The van der Waals surface area contributed by atoms with Crippen LogP contribution in [-0.4, -0.2) is 14.2 Å². The number of hydrogen-bond acceptors (Lipinski definition) is 3. The average Bonchev–Trinajstić information content (AvgIpc) is 2.48. The van der Waals surface area contributed by atoms with E-state index in [1.165, 1.54) is 0 Å². The van der Waals surface area contributed by atoms with Crippen molar-refractivity contribution in [3.63, 3.8) is 0 Å². The number of aryl methyl sites for hydroxylation is 1. The summed E-state index contributed by atoms with van der Waals surface area (Å²) in [4.78, 5) is 0. The molecule has 0 saturated carbocycles. The molecule has 0 atom stereocenters. The Morgan fingerprint density at radius 3 is 2.55 bits per heavy atom. The molecule has 2 aromatic rings. The van der Waals surface area contributed by atoms with Gasteiger partial charge in [-0.3, -0.25) is 0 Å². The molecule has 0 radical (unpaired) electrons. The number of anilines is 1. The lowest BCUT2D eigenvalue weighted by Gasteiger charge is -2.12. The Morgan fingerprint density at radius 1 is 1.10 bits per heavy atom. The van der Waals surface area contributed by atoms with Gasteiger partial charge in [0, 0.05) is 7.97 Å². The largest absolute Gasteiger partial charge is 0.493 e. The fourth-order valence-corrected chi connectivity index (χ4v) is 1.97. The molecule has 2 rings (SSSR count). The molecule has 2 aromatic carbocycles. The van der Waals surface area contributed by atoms with Crippen LogP contribution in [0.25, 0.3) is 0 Å². The predicted molar refractivity (Wildman–Crippen MR) is 80.1 cm³/mol. The first-order valence-electron chi connectivity index (χ1n) is 6.35. The number of hydrogen-bond donors (Lipinski definition) is 1. The molecule has 108 valence electrons. The Hall–Kier alpha value is -2.23. The van der Waals surface area contributed by atoms with Crippen LogP contribution in [0.3, 0.4) is 0 Å². The highest BCUT2D eigenvalue weighted by Crippen LogP contribution is 2.28. The zero-order valence-corrected chi connectivity index (χ0v) is 11.9. The van der Waals surface area contributed by atoms with E-state index in [0.717, 1.165) is 5.56 Å². The van der Waals surface area contributed by atoms with E-state index in [2.05, 4.69) is 5.32 Å². The molecule has 0 heterocycles. The van der Waals surface area contributed by atoms with E-state index in [-0.39, 0.29) is 7.24 Å². The van der Waals surface area contributed by atoms with E-state index in [9.17, 15) is 4.39 Å². The topological polar surface area (TPSA) is 30.5 Å². The van der Waals surface area contributed by atoms with Crippen molar-refractivity contribution in [2.24, 2.45) is 0 Å². The highest BCUT2D eigenvalue weighted by molar-refractivity contribution is 5.49.